The van der Waals surface area contributed by atoms with E-state index in [0.717, 1.165) is 25.0 Å². The number of ether oxygens (including phenoxy) is 1. The van der Waals surface area contributed by atoms with Gasteiger partial charge in [0.25, 0.3) is 0 Å². The van der Waals surface area contributed by atoms with Crippen molar-refractivity contribution in [3.8, 4) is 0 Å². The SMILES string of the molecule is NNC(c1cc(C(F)(F)F)ccc1Br)C1CCCOC1. The molecule has 0 spiro atoms. The largest absolute Gasteiger partial charge is 0.416 e. The highest BCUT2D eigenvalue weighted by molar-refractivity contribution is 9.10. The zero-order valence-electron chi connectivity index (χ0n) is 10.7. The molecule has 1 aliphatic heterocycles. The molecule has 1 saturated heterocycles. The summed E-state index contributed by atoms with van der Waals surface area (Å²) >= 11 is 3.30. The molecule has 0 radical (unpaired) electrons. The zero-order chi connectivity index (χ0) is 14.8. The lowest BCUT2D eigenvalue weighted by Gasteiger charge is -2.31. The van der Waals surface area contributed by atoms with Crippen molar-refractivity contribution in [3.63, 3.8) is 0 Å². The van der Waals surface area contributed by atoms with Crippen molar-refractivity contribution in [1.29, 1.82) is 0 Å². The van der Waals surface area contributed by atoms with Crippen molar-refractivity contribution in [2.75, 3.05) is 13.2 Å². The summed E-state index contributed by atoms with van der Waals surface area (Å²) in [5.74, 6) is 5.62. The maximum atomic E-state index is 12.8. The number of halogens is 4. The van der Waals surface area contributed by atoms with E-state index in [4.69, 9.17) is 10.6 Å². The first-order valence-electron chi connectivity index (χ1n) is 6.34. The zero-order valence-corrected chi connectivity index (χ0v) is 12.3. The second kappa shape index (κ2) is 6.43. The second-order valence-electron chi connectivity index (χ2n) is 4.86. The van der Waals surface area contributed by atoms with E-state index in [1.807, 2.05) is 0 Å². The molecule has 7 heteroatoms. The molecule has 3 nitrogen and oxygen atoms in total. The Hall–Kier alpha value is -0.630. The summed E-state index contributed by atoms with van der Waals surface area (Å²) in [4.78, 5) is 0. The minimum absolute atomic E-state index is 0.0635. The highest BCUT2D eigenvalue weighted by Gasteiger charge is 2.33. The number of hydrogen-bond donors (Lipinski definition) is 2. The lowest BCUT2D eigenvalue weighted by Crippen LogP contribution is -2.37. The van der Waals surface area contributed by atoms with Crippen LogP contribution in [0.3, 0.4) is 0 Å². The predicted molar refractivity (Wildman–Crippen MR) is 72.8 cm³/mol. The van der Waals surface area contributed by atoms with Crippen LogP contribution in [0.5, 0.6) is 0 Å². The minimum atomic E-state index is -4.36. The number of hydrogen-bond acceptors (Lipinski definition) is 3. The van der Waals surface area contributed by atoms with E-state index in [1.54, 1.807) is 0 Å². The van der Waals surface area contributed by atoms with Gasteiger partial charge in [-0.25, -0.2) is 0 Å². The van der Waals surface area contributed by atoms with E-state index in [1.165, 1.54) is 6.07 Å². The molecule has 0 saturated carbocycles. The van der Waals surface area contributed by atoms with Gasteiger partial charge in [-0.3, -0.25) is 11.3 Å². The monoisotopic (exact) mass is 352 g/mol. The van der Waals surface area contributed by atoms with E-state index in [0.29, 0.717) is 23.2 Å². The first-order valence-corrected chi connectivity index (χ1v) is 7.13. The predicted octanol–water partition coefficient (Wildman–Crippen LogP) is 3.40. The van der Waals surface area contributed by atoms with Crippen molar-refractivity contribution in [2.45, 2.75) is 25.1 Å². The summed E-state index contributed by atoms with van der Waals surface area (Å²) in [6.07, 6.45) is -2.60. The molecule has 0 amide bonds. The smallest absolute Gasteiger partial charge is 0.381 e. The van der Waals surface area contributed by atoms with Crippen molar-refractivity contribution in [2.24, 2.45) is 11.8 Å². The fraction of sp³-hybridized carbons (Fsp3) is 0.538. The average Bonchev–Trinajstić information content (AvgIpc) is 2.41. The molecule has 1 aliphatic rings. The molecular weight excluding hydrogens is 337 g/mol. The summed E-state index contributed by atoms with van der Waals surface area (Å²) < 4.78 is 44.5. The Bertz CT molecular complexity index is 461. The Morgan fingerprint density at radius 2 is 2.15 bits per heavy atom. The lowest BCUT2D eigenvalue weighted by molar-refractivity contribution is -0.137. The van der Waals surface area contributed by atoms with Crippen molar-refractivity contribution in [1.82, 2.24) is 5.43 Å². The second-order valence-corrected chi connectivity index (χ2v) is 5.71. The van der Waals surface area contributed by atoms with E-state index in [9.17, 15) is 13.2 Å². The molecule has 2 unspecified atom stereocenters. The summed E-state index contributed by atoms with van der Waals surface area (Å²) in [6, 6.07) is 3.24. The lowest BCUT2D eigenvalue weighted by atomic mass is 9.88. The molecule has 20 heavy (non-hydrogen) atoms. The standard InChI is InChI=1S/C13H16BrF3N2O/c14-11-4-3-9(13(15,16)17)6-10(11)12(19-18)8-2-1-5-20-7-8/h3-4,6,8,12,19H,1-2,5,7,18H2. The van der Waals surface area contributed by atoms with Crippen LogP contribution in [0.2, 0.25) is 0 Å². The van der Waals surface area contributed by atoms with Crippen molar-refractivity contribution < 1.29 is 17.9 Å². The summed E-state index contributed by atoms with van der Waals surface area (Å²) in [5, 5.41) is 0. The Kier molecular flexibility index (Phi) is 5.06. The fourth-order valence-electron chi connectivity index (χ4n) is 2.47. The van der Waals surface area contributed by atoms with Gasteiger partial charge >= 0.3 is 6.18 Å². The van der Waals surface area contributed by atoms with Crippen LogP contribution in [-0.2, 0) is 10.9 Å². The number of benzene rings is 1. The summed E-state index contributed by atoms with van der Waals surface area (Å²) in [7, 11) is 0. The van der Waals surface area contributed by atoms with Crippen molar-refractivity contribution in [3.05, 3.63) is 33.8 Å². The third-order valence-corrected chi connectivity index (χ3v) is 4.23. The van der Waals surface area contributed by atoms with Gasteiger partial charge in [0.1, 0.15) is 0 Å². The maximum absolute atomic E-state index is 12.8. The van der Waals surface area contributed by atoms with E-state index in [-0.39, 0.29) is 12.0 Å². The number of alkyl halides is 3. The van der Waals surface area contributed by atoms with E-state index < -0.39 is 11.7 Å². The first kappa shape index (κ1) is 15.8. The Labute approximate surface area is 123 Å². The van der Waals surface area contributed by atoms with Gasteiger partial charge in [0.15, 0.2) is 0 Å². The number of nitrogens with two attached hydrogens (primary N) is 1. The van der Waals surface area contributed by atoms with Gasteiger partial charge in [-0.1, -0.05) is 15.9 Å². The van der Waals surface area contributed by atoms with Gasteiger partial charge < -0.3 is 4.74 Å². The quantitative estimate of drug-likeness (QED) is 0.647. The Balaban J connectivity index is 2.32. The van der Waals surface area contributed by atoms with Crippen LogP contribution in [0.4, 0.5) is 13.2 Å². The van der Waals surface area contributed by atoms with Crippen molar-refractivity contribution >= 4 is 15.9 Å². The number of rotatable bonds is 3. The third-order valence-electron chi connectivity index (χ3n) is 3.50. The van der Waals surface area contributed by atoms with Crippen LogP contribution in [-0.4, -0.2) is 13.2 Å². The van der Waals surface area contributed by atoms with Crippen LogP contribution in [0, 0.1) is 5.92 Å². The van der Waals surface area contributed by atoms with Gasteiger partial charge in [-0.15, -0.1) is 0 Å². The van der Waals surface area contributed by atoms with Crippen LogP contribution < -0.4 is 11.3 Å². The molecule has 1 fully saturated rings. The van der Waals surface area contributed by atoms with Gasteiger partial charge in [0, 0.05) is 17.0 Å². The normalized spacial score (nSPS) is 21.8. The molecule has 1 aromatic carbocycles. The Morgan fingerprint density at radius 1 is 1.40 bits per heavy atom. The van der Waals surface area contributed by atoms with Gasteiger partial charge in [0.2, 0.25) is 0 Å². The van der Waals surface area contributed by atoms with Gasteiger partial charge in [-0.05, 0) is 36.6 Å². The fourth-order valence-corrected chi connectivity index (χ4v) is 2.96. The van der Waals surface area contributed by atoms with Gasteiger partial charge in [-0.2, -0.15) is 13.2 Å². The van der Waals surface area contributed by atoms with E-state index >= 15 is 0 Å². The highest BCUT2D eigenvalue weighted by atomic mass is 79.9. The van der Waals surface area contributed by atoms with Crippen LogP contribution in [0.1, 0.15) is 30.0 Å². The van der Waals surface area contributed by atoms with Crippen LogP contribution in [0.25, 0.3) is 0 Å². The van der Waals surface area contributed by atoms with Gasteiger partial charge in [0.05, 0.1) is 18.2 Å². The first-order chi connectivity index (χ1) is 9.43. The van der Waals surface area contributed by atoms with Crippen LogP contribution in [0.15, 0.2) is 22.7 Å². The third kappa shape index (κ3) is 3.52. The molecule has 0 bridgehead atoms. The molecule has 0 aliphatic carbocycles. The molecule has 1 heterocycles. The Morgan fingerprint density at radius 3 is 2.70 bits per heavy atom. The molecule has 2 rings (SSSR count). The van der Waals surface area contributed by atoms with E-state index in [2.05, 4.69) is 21.4 Å². The molecular formula is C13H16BrF3N2O. The maximum Gasteiger partial charge on any atom is 0.416 e. The molecule has 112 valence electrons. The topological polar surface area (TPSA) is 47.3 Å². The molecule has 3 N–H and O–H groups in total. The molecule has 1 aromatic rings. The number of hydrazine groups is 1. The molecule has 0 aromatic heterocycles. The summed E-state index contributed by atoms with van der Waals surface area (Å²) in [6.45, 7) is 1.19. The highest BCUT2D eigenvalue weighted by Crippen LogP contribution is 2.37. The minimum Gasteiger partial charge on any atom is -0.381 e. The number of nitrogens with one attached hydrogen (secondary N) is 1. The van der Waals surface area contributed by atoms with Crippen LogP contribution >= 0.6 is 15.9 Å². The molecule has 2 atom stereocenters. The average molecular weight is 353 g/mol. The summed E-state index contributed by atoms with van der Waals surface area (Å²) in [5.41, 5.74) is 2.47.